The van der Waals surface area contributed by atoms with Crippen LogP contribution in [0.2, 0.25) is 5.02 Å². The average molecular weight is 329 g/mol. The van der Waals surface area contributed by atoms with E-state index in [1.165, 1.54) is 22.5 Å². The first-order valence-electron chi connectivity index (χ1n) is 6.50. The molecule has 0 spiro atoms. The maximum absolute atomic E-state index is 12.8. The number of rotatable bonds is 3. The van der Waals surface area contributed by atoms with Gasteiger partial charge in [-0.25, -0.2) is 8.42 Å². The maximum atomic E-state index is 12.8. The Morgan fingerprint density at radius 2 is 2.19 bits per heavy atom. The fraction of sp³-hybridized carbons (Fsp3) is 0.462. The molecule has 1 saturated heterocycles. The molecule has 1 aliphatic heterocycles. The number of piperazine rings is 1. The zero-order valence-corrected chi connectivity index (χ0v) is 13.2. The number of nitriles is 1. The average Bonchev–Trinajstić information content (AvgIpc) is 2.46. The fourth-order valence-electron chi connectivity index (χ4n) is 2.43. The van der Waals surface area contributed by atoms with E-state index in [0.29, 0.717) is 19.6 Å². The van der Waals surface area contributed by atoms with Crippen LogP contribution >= 0.6 is 11.6 Å². The first-order chi connectivity index (χ1) is 9.90. The highest BCUT2D eigenvalue weighted by Gasteiger charge is 2.35. The quantitative estimate of drug-likeness (QED) is 0.871. The summed E-state index contributed by atoms with van der Waals surface area (Å²) in [5.41, 5.74) is 5.80. The third kappa shape index (κ3) is 3.20. The lowest BCUT2D eigenvalue weighted by molar-refractivity contribution is 0.164. The van der Waals surface area contributed by atoms with Gasteiger partial charge in [0.05, 0.1) is 11.6 Å². The minimum atomic E-state index is -3.79. The van der Waals surface area contributed by atoms with Gasteiger partial charge < -0.3 is 10.6 Å². The van der Waals surface area contributed by atoms with E-state index in [0.717, 1.165) is 0 Å². The monoisotopic (exact) mass is 328 g/mol. The lowest BCUT2D eigenvalue weighted by Crippen LogP contribution is -2.56. The van der Waals surface area contributed by atoms with Gasteiger partial charge in [-0.1, -0.05) is 11.6 Å². The Labute approximate surface area is 129 Å². The van der Waals surface area contributed by atoms with Crippen LogP contribution in [-0.4, -0.2) is 56.9 Å². The van der Waals surface area contributed by atoms with Crippen LogP contribution in [0.3, 0.4) is 0 Å². The molecule has 8 heteroatoms. The lowest BCUT2D eigenvalue weighted by atomic mass is 10.2. The van der Waals surface area contributed by atoms with Crippen molar-refractivity contribution in [2.45, 2.75) is 10.9 Å². The SMILES string of the molecule is CN1CCN(S(=O)(=O)c2cc(Cl)ccc2C#N)C(CN)C1. The second-order valence-corrected chi connectivity index (χ2v) is 7.32. The van der Waals surface area contributed by atoms with E-state index < -0.39 is 10.0 Å². The van der Waals surface area contributed by atoms with Crippen molar-refractivity contribution in [1.82, 2.24) is 9.21 Å². The molecule has 1 unspecified atom stereocenters. The highest BCUT2D eigenvalue weighted by molar-refractivity contribution is 7.89. The number of likely N-dealkylation sites (N-methyl/N-ethyl adjacent to an activating group) is 1. The molecule has 0 aromatic heterocycles. The van der Waals surface area contributed by atoms with Crippen molar-refractivity contribution >= 4 is 21.6 Å². The van der Waals surface area contributed by atoms with Crippen LogP contribution in [0.25, 0.3) is 0 Å². The molecule has 1 heterocycles. The van der Waals surface area contributed by atoms with E-state index in [9.17, 15) is 8.42 Å². The van der Waals surface area contributed by atoms with Crippen LogP contribution in [0.15, 0.2) is 23.1 Å². The zero-order chi connectivity index (χ0) is 15.6. The van der Waals surface area contributed by atoms with Crippen molar-refractivity contribution in [3.8, 4) is 6.07 Å². The van der Waals surface area contributed by atoms with Gasteiger partial charge in [0.1, 0.15) is 11.0 Å². The van der Waals surface area contributed by atoms with Gasteiger partial charge in [0, 0.05) is 31.2 Å². The molecule has 0 radical (unpaired) electrons. The largest absolute Gasteiger partial charge is 0.329 e. The summed E-state index contributed by atoms with van der Waals surface area (Å²) < 4.78 is 27.0. The zero-order valence-electron chi connectivity index (χ0n) is 11.7. The lowest BCUT2D eigenvalue weighted by Gasteiger charge is -2.38. The Hall–Kier alpha value is -1.17. The first kappa shape index (κ1) is 16.2. The second-order valence-electron chi connectivity index (χ2n) is 5.02. The molecule has 114 valence electrons. The molecule has 0 bridgehead atoms. The van der Waals surface area contributed by atoms with E-state index in [1.807, 2.05) is 18.0 Å². The minimum absolute atomic E-state index is 0.0551. The van der Waals surface area contributed by atoms with E-state index in [-0.39, 0.29) is 28.1 Å². The van der Waals surface area contributed by atoms with Crippen molar-refractivity contribution in [1.29, 1.82) is 5.26 Å². The molecule has 0 amide bonds. The molecule has 6 nitrogen and oxygen atoms in total. The predicted octanol–water partition coefficient (Wildman–Crippen LogP) is 0.475. The summed E-state index contributed by atoms with van der Waals surface area (Å²) >= 11 is 5.89. The third-order valence-electron chi connectivity index (χ3n) is 3.55. The summed E-state index contributed by atoms with van der Waals surface area (Å²) in [5.74, 6) is 0. The highest BCUT2D eigenvalue weighted by atomic mass is 35.5. The van der Waals surface area contributed by atoms with E-state index in [4.69, 9.17) is 22.6 Å². The normalized spacial score (nSPS) is 21.1. The van der Waals surface area contributed by atoms with Crippen LogP contribution in [-0.2, 0) is 10.0 Å². The number of sulfonamides is 1. The van der Waals surface area contributed by atoms with Crippen molar-refractivity contribution < 1.29 is 8.42 Å². The summed E-state index contributed by atoms with van der Waals surface area (Å²) in [6.07, 6.45) is 0. The molecule has 2 N–H and O–H groups in total. The summed E-state index contributed by atoms with van der Waals surface area (Å²) in [6, 6.07) is 5.84. The van der Waals surface area contributed by atoms with E-state index in [2.05, 4.69) is 0 Å². The summed E-state index contributed by atoms with van der Waals surface area (Å²) in [7, 11) is -1.87. The number of benzene rings is 1. The number of nitrogens with zero attached hydrogens (tertiary/aromatic N) is 3. The van der Waals surface area contributed by atoms with Crippen LogP contribution in [0.5, 0.6) is 0 Å². The molecule has 1 fully saturated rings. The van der Waals surface area contributed by atoms with Crippen LogP contribution in [0.4, 0.5) is 0 Å². The van der Waals surface area contributed by atoms with Gasteiger partial charge >= 0.3 is 0 Å². The molecule has 2 rings (SSSR count). The molecule has 1 aromatic rings. The molecule has 1 aromatic carbocycles. The van der Waals surface area contributed by atoms with Gasteiger partial charge in [0.2, 0.25) is 10.0 Å². The maximum Gasteiger partial charge on any atom is 0.244 e. The number of nitrogens with two attached hydrogens (primary N) is 1. The number of hydrogen-bond donors (Lipinski definition) is 1. The molecule has 1 aliphatic rings. The van der Waals surface area contributed by atoms with Gasteiger partial charge in [-0.2, -0.15) is 9.57 Å². The topological polar surface area (TPSA) is 90.4 Å². The number of halogens is 1. The number of hydrogen-bond acceptors (Lipinski definition) is 5. The standard InChI is InChI=1S/C13H17ClN4O2S/c1-17-4-5-18(12(8-16)9-17)21(19,20)13-6-11(14)3-2-10(13)7-15/h2-3,6,12H,4-5,8-9,16H2,1H3. The molecular formula is C13H17ClN4O2S. The molecule has 1 atom stereocenters. The van der Waals surface area contributed by atoms with Gasteiger partial charge in [0.15, 0.2) is 0 Å². The summed E-state index contributed by atoms with van der Waals surface area (Å²) in [6.45, 7) is 1.76. The molecular weight excluding hydrogens is 312 g/mol. The Kier molecular flexibility index (Phi) is 4.86. The summed E-state index contributed by atoms with van der Waals surface area (Å²) in [5, 5.41) is 9.41. The third-order valence-corrected chi connectivity index (χ3v) is 5.78. The van der Waals surface area contributed by atoms with Crippen molar-refractivity contribution in [3.63, 3.8) is 0 Å². The predicted molar refractivity (Wildman–Crippen MR) is 80.4 cm³/mol. The van der Waals surface area contributed by atoms with Crippen LogP contribution in [0, 0.1) is 11.3 Å². The van der Waals surface area contributed by atoms with Crippen molar-refractivity contribution in [2.75, 3.05) is 33.2 Å². The Balaban J connectivity index is 2.47. The Morgan fingerprint density at radius 1 is 1.48 bits per heavy atom. The van der Waals surface area contributed by atoms with Gasteiger partial charge in [-0.15, -0.1) is 0 Å². The van der Waals surface area contributed by atoms with Crippen LogP contribution in [0.1, 0.15) is 5.56 Å². The van der Waals surface area contributed by atoms with Crippen LogP contribution < -0.4 is 5.73 Å². The Morgan fingerprint density at radius 3 is 2.81 bits per heavy atom. The van der Waals surface area contributed by atoms with Crippen molar-refractivity contribution in [3.05, 3.63) is 28.8 Å². The fourth-order valence-corrected chi connectivity index (χ4v) is 4.45. The van der Waals surface area contributed by atoms with Crippen molar-refractivity contribution in [2.24, 2.45) is 5.73 Å². The highest BCUT2D eigenvalue weighted by Crippen LogP contribution is 2.26. The van der Waals surface area contributed by atoms with E-state index >= 15 is 0 Å². The molecule has 0 saturated carbocycles. The first-order valence-corrected chi connectivity index (χ1v) is 8.32. The van der Waals surface area contributed by atoms with Gasteiger partial charge in [-0.05, 0) is 25.2 Å². The summed E-state index contributed by atoms with van der Waals surface area (Å²) in [4.78, 5) is 1.98. The van der Waals surface area contributed by atoms with Gasteiger partial charge in [-0.3, -0.25) is 0 Å². The molecule has 0 aliphatic carbocycles. The minimum Gasteiger partial charge on any atom is -0.329 e. The van der Waals surface area contributed by atoms with Gasteiger partial charge in [0.25, 0.3) is 0 Å². The smallest absolute Gasteiger partial charge is 0.244 e. The Bertz CT molecular complexity index is 671. The second kappa shape index (κ2) is 6.30. The molecule has 21 heavy (non-hydrogen) atoms. The van der Waals surface area contributed by atoms with E-state index in [1.54, 1.807) is 0 Å².